The van der Waals surface area contributed by atoms with Gasteiger partial charge in [-0.3, -0.25) is 0 Å². The average molecular weight is 551 g/mol. The summed E-state index contributed by atoms with van der Waals surface area (Å²) in [6.45, 7) is 0.218. The maximum atomic E-state index is 13.2. The molecule has 1 fully saturated rings. The summed E-state index contributed by atoms with van der Waals surface area (Å²) in [7, 11) is -7.56. The molecule has 5 rings (SSSR count). The van der Waals surface area contributed by atoms with Crippen molar-refractivity contribution in [1.82, 2.24) is 8.61 Å². The van der Waals surface area contributed by atoms with E-state index in [2.05, 4.69) is 0 Å². The van der Waals surface area contributed by atoms with Crippen LogP contribution in [-0.4, -0.2) is 51.6 Å². The van der Waals surface area contributed by atoms with Crippen LogP contribution < -0.4 is 9.47 Å². The minimum atomic E-state index is -3.78. The summed E-state index contributed by atoms with van der Waals surface area (Å²) in [6, 6.07) is 30.8. The Morgan fingerprint density at radius 3 is 1.03 bits per heavy atom. The van der Waals surface area contributed by atoms with Crippen LogP contribution in [0, 0.1) is 0 Å². The highest BCUT2D eigenvalue weighted by Crippen LogP contribution is 2.27. The Morgan fingerprint density at radius 1 is 0.421 bits per heavy atom. The molecule has 1 aliphatic rings. The molecule has 8 nitrogen and oxygen atoms in total. The van der Waals surface area contributed by atoms with E-state index in [4.69, 9.17) is 9.47 Å². The second-order valence-electron chi connectivity index (χ2n) is 8.58. The van der Waals surface area contributed by atoms with Crippen molar-refractivity contribution in [2.75, 3.05) is 26.2 Å². The van der Waals surface area contributed by atoms with Gasteiger partial charge < -0.3 is 9.47 Å². The number of nitrogens with zero attached hydrogens (tertiary/aromatic N) is 2. The van der Waals surface area contributed by atoms with Crippen molar-refractivity contribution in [3.8, 4) is 23.0 Å². The van der Waals surface area contributed by atoms with Crippen molar-refractivity contribution in [2.45, 2.75) is 9.79 Å². The van der Waals surface area contributed by atoms with Crippen LogP contribution in [0.25, 0.3) is 0 Å². The predicted octanol–water partition coefficient (Wildman–Crippen LogP) is 4.97. The van der Waals surface area contributed by atoms with E-state index in [1.807, 2.05) is 60.7 Å². The summed E-state index contributed by atoms with van der Waals surface area (Å²) in [5.74, 6) is 2.34. The van der Waals surface area contributed by atoms with Crippen molar-refractivity contribution < 1.29 is 26.3 Å². The average Bonchev–Trinajstić information content (AvgIpc) is 2.95. The van der Waals surface area contributed by atoms with Gasteiger partial charge in [0.15, 0.2) is 0 Å². The molecule has 0 atom stereocenters. The minimum absolute atomic E-state index is 0.0546. The molecule has 0 N–H and O–H groups in total. The Balaban J connectivity index is 1.21. The fourth-order valence-corrected chi connectivity index (χ4v) is 6.90. The quantitative estimate of drug-likeness (QED) is 0.308. The van der Waals surface area contributed by atoms with Gasteiger partial charge in [0.2, 0.25) is 20.0 Å². The highest BCUT2D eigenvalue weighted by atomic mass is 32.2. The van der Waals surface area contributed by atoms with E-state index in [9.17, 15) is 16.8 Å². The standard InChI is InChI=1S/C28H26N2O6S2/c31-37(32,27-15-11-25(12-16-27)35-23-7-3-1-4-8-23)29-19-21-30(22-20-29)38(33,34)28-17-13-26(14-18-28)36-24-9-5-2-6-10-24/h1-18H,19-22H2. The van der Waals surface area contributed by atoms with Crippen LogP contribution in [0.15, 0.2) is 119 Å². The molecule has 0 spiro atoms. The number of rotatable bonds is 8. The third-order valence-corrected chi connectivity index (χ3v) is 9.90. The number of hydrogen-bond donors (Lipinski definition) is 0. The number of benzene rings is 4. The largest absolute Gasteiger partial charge is 0.457 e. The topological polar surface area (TPSA) is 93.2 Å². The molecular weight excluding hydrogens is 524 g/mol. The van der Waals surface area contributed by atoms with Crippen molar-refractivity contribution in [2.24, 2.45) is 0 Å². The summed E-state index contributed by atoms with van der Waals surface area (Å²) in [4.78, 5) is 0.256. The lowest BCUT2D eigenvalue weighted by Gasteiger charge is -2.33. The first-order valence-electron chi connectivity index (χ1n) is 12.0. The molecule has 0 bridgehead atoms. The van der Waals surface area contributed by atoms with Crippen molar-refractivity contribution in [3.05, 3.63) is 109 Å². The molecule has 10 heteroatoms. The molecule has 196 valence electrons. The summed E-state index contributed by atoms with van der Waals surface area (Å²) < 4.78 is 66.8. The summed E-state index contributed by atoms with van der Waals surface area (Å²) in [5, 5.41) is 0. The van der Waals surface area contributed by atoms with E-state index >= 15 is 0 Å². The molecule has 1 heterocycles. The fourth-order valence-electron chi connectivity index (χ4n) is 4.06. The van der Waals surface area contributed by atoms with E-state index in [-0.39, 0.29) is 36.0 Å². The SMILES string of the molecule is O=S(=O)(c1ccc(Oc2ccccc2)cc1)N1CCN(S(=O)(=O)c2ccc(Oc3ccccc3)cc2)CC1. The van der Waals surface area contributed by atoms with E-state index in [0.717, 1.165) is 0 Å². The molecule has 0 aliphatic carbocycles. The third-order valence-electron chi connectivity index (χ3n) is 6.08. The zero-order chi connectivity index (χ0) is 26.6. The van der Waals surface area contributed by atoms with E-state index in [0.29, 0.717) is 23.0 Å². The molecular formula is C28H26N2O6S2. The molecule has 38 heavy (non-hydrogen) atoms. The highest BCUT2D eigenvalue weighted by Gasteiger charge is 2.33. The highest BCUT2D eigenvalue weighted by molar-refractivity contribution is 7.89. The van der Waals surface area contributed by atoms with Gasteiger partial charge in [0.1, 0.15) is 23.0 Å². The first-order valence-corrected chi connectivity index (χ1v) is 14.9. The number of sulfonamides is 2. The van der Waals surface area contributed by atoms with Crippen molar-refractivity contribution in [1.29, 1.82) is 0 Å². The Kier molecular flexibility index (Phi) is 7.48. The predicted molar refractivity (Wildman–Crippen MR) is 143 cm³/mol. The Bertz CT molecular complexity index is 1450. The first-order chi connectivity index (χ1) is 18.3. The zero-order valence-electron chi connectivity index (χ0n) is 20.4. The van der Waals surface area contributed by atoms with E-state index in [1.165, 1.54) is 32.9 Å². The lowest BCUT2D eigenvalue weighted by Crippen LogP contribution is -2.50. The number of para-hydroxylation sites is 2. The van der Waals surface area contributed by atoms with Crippen LogP contribution in [-0.2, 0) is 20.0 Å². The molecule has 4 aromatic rings. The molecule has 1 saturated heterocycles. The summed E-state index contributed by atoms with van der Waals surface area (Å²) in [6.07, 6.45) is 0. The van der Waals surface area contributed by atoms with Crippen LogP contribution in [0.5, 0.6) is 23.0 Å². The number of ether oxygens (including phenoxy) is 2. The second-order valence-corrected chi connectivity index (χ2v) is 12.5. The van der Waals surface area contributed by atoms with Crippen LogP contribution in [0.1, 0.15) is 0 Å². The minimum Gasteiger partial charge on any atom is -0.457 e. The molecule has 0 saturated carbocycles. The third kappa shape index (κ3) is 5.73. The fraction of sp³-hybridized carbons (Fsp3) is 0.143. The maximum absolute atomic E-state index is 13.2. The summed E-state index contributed by atoms with van der Waals surface area (Å²) in [5.41, 5.74) is 0. The number of hydrogen-bond acceptors (Lipinski definition) is 6. The van der Waals surface area contributed by atoms with Gasteiger partial charge in [-0.05, 0) is 72.8 Å². The van der Waals surface area contributed by atoms with Gasteiger partial charge in [0.25, 0.3) is 0 Å². The Hall–Kier alpha value is -3.70. The van der Waals surface area contributed by atoms with Crippen LogP contribution in [0.4, 0.5) is 0 Å². The van der Waals surface area contributed by atoms with Gasteiger partial charge in [-0.25, -0.2) is 16.8 Å². The smallest absolute Gasteiger partial charge is 0.243 e. The van der Waals surface area contributed by atoms with Gasteiger partial charge in [-0.1, -0.05) is 36.4 Å². The Labute approximate surface area is 222 Å². The normalized spacial score (nSPS) is 15.2. The van der Waals surface area contributed by atoms with E-state index in [1.54, 1.807) is 24.3 Å². The molecule has 4 aromatic carbocycles. The van der Waals surface area contributed by atoms with Gasteiger partial charge in [0.05, 0.1) is 9.79 Å². The summed E-state index contributed by atoms with van der Waals surface area (Å²) >= 11 is 0. The van der Waals surface area contributed by atoms with Crippen molar-refractivity contribution >= 4 is 20.0 Å². The monoisotopic (exact) mass is 550 g/mol. The van der Waals surface area contributed by atoms with Gasteiger partial charge in [-0.2, -0.15) is 8.61 Å². The number of piperazine rings is 1. The lowest BCUT2D eigenvalue weighted by molar-refractivity contribution is 0.273. The van der Waals surface area contributed by atoms with Crippen LogP contribution in [0.3, 0.4) is 0 Å². The van der Waals surface area contributed by atoms with Crippen LogP contribution >= 0.6 is 0 Å². The van der Waals surface area contributed by atoms with Crippen LogP contribution in [0.2, 0.25) is 0 Å². The molecule has 0 aromatic heterocycles. The van der Waals surface area contributed by atoms with Crippen molar-refractivity contribution in [3.63, 3.8) is 0 Å². The zero-order valence-corrected chi connectivity index (χ0v) is 22.0. The molecule has 1 aliphatic heterocycles. The first kappa shape index (κ1) is 25.9. The Morgan fingerprint density at radius 2 is 0.711 bits per heavy atom. The second kappa shape index (κ2) is 11.0. The van der Waals surface area contributed by atoms with Gasteiger partial charge in [0, 0.05) is 26.2 Å². The molecule has 0 radical (unpaired) electrons. The maximum Gasteiger partial charge on any atom is 0.243 e. The van der Waals surface area contributed by atoms with Gasteiger partial charge >= 0.3 is 0 Å². The lowest BCUT2D eigenvalue weighted by atomic mass is 10.3. The van der Waals surface area contributed by atoms with E-state index < -0.39 is 20.0 Å². The molecule has 0 amide bonds. The molecule has 0 unspecified atom stereocenters. The van der Waals surface area contributed by atoms with Gasteiger partial charge in [-0.15, -0.1) is 0 Å².